The number of hydrogen-bond acceptors (Lipinski definition) is 2. The van der Waals surface area contributed by atoms with Crippen molar-refractivity contribution >= 4 is 0 Å². The molecule has 0 aromatic heterocycles. The lowest BCUT2D eigenvalue weighted by molar-refractivity contribution is 0.243. The molecular weight excluding hydrogens is 220 g/mol. The standard InChI is InChI=1S/C16H28N2/c1-14(2)9-13-18-16(10-5-3-6-11-16)15-8-4-7-12-17-15/h3,5-6,10,14-15,17-18H,4,7-9,11-13H2,1-2H3/t15?,16-/m1/s1. The molecular formula is C16H28N2. The van der Waals surface area contributed by atoms with Crippen molar-refractivity contribution in [3.8, 4) is 0 Å². The highest BCUT2D eigenvalue weighted by Gasteiger charge is 2.36. The Hall–Kier alpha value is -0.600. The molecule has 1 heterocycles. The summed E-state index contributed by atoms with van der Waals surface area (Å²) < 4.78 is 0. The zero-order chi connectivity index (χ0) is 12.8. The molecule has 2 aliphatic rings. The number of hydrogen-bond donors (Lipinski definition) is 2. The van der Waals surface area contributed by atoms with E-state index in [2.05, 4.69) is 48.8 Å². The third kappa shape index (κ3) is 3.46. The van der Waals surface area contributed by atoms with Gasteiger partial charge in [-0.15, -0.1) is 0 Å². The third-order valence-electron chi connectivity index (χ3n) is 4.20. The van der Waals surface area contributed by atoms with E-state index in [-0.39, 0.29) is 5.54 Å². The summed E-state index contributed by atoms with van der Waals surface area (Å²) in [7, 11) is 0. The first-order valence-corrected chi connectivity index (χ1v) is 7.56. The Bertz CT molecular complexity index is 300. The fourth-order valence-corrected chi connectivity index (χ4v) is 3.03. The van der Waals surface area contributed by atoms with Crippen LogP contribution in [-0.2, 0) is 0 Å². The van der Waals surface area contributed by atoms with Gasteiger partial charge in [0.15, 0.2) is 0 Å². The van der Waals surface area contributed by atoms with Crippen molar-refractivity contribution in [2.24, 2.45) is 5.92 Å². The van der Waals surface area contributed by atoms with Crippen LogP contribution in [0.15, 0.2) is 24.3 Å². The van der Waals surface area contributed by atoms with Gasteiger partial charge in [-0.3, -0.25) is 0 Å². The van der Waals surface area contributed by atoms with Gasteiger partial charge >= 0.3 is 0 Å². The van der Waals surface area contributed by atoms with E-state index in [4.69, 9.17) is 0 Å². The van der Waals surface area contributed by atoms with Crippen LogP contribution >= 0.6 is 0 Å². The van der Waals surface area contributed by atoms with Crippen molar-refractivity contribution in [3.63, 3.8) is 0 Å². The summed E-state index contributed by atoms with van der Waals surface area (Å²) in [4.78, 5) is 0. The molecule has 0 aromatic rings. The van der Waals surface area contributed by atoms with Gasteiger partial charge in [-0.1, -0.05) is 44.6 Å². The van der Waals surface area contributed by atoms with Crippen LogP contribution in [0, 0.1) is 5.92 Å². The van der Waals surface area contributed by atoms with Crippen molar-refractivity contribution in [2.75, 3.05) is 13.1 Å². The predicted molar refractivity (Wildman–Crippen MR) is 78.7 cm³/mol. The lowest BCUT2D eigenvalue weighted by Crippen LogP contribution is -2.60. The maximum absolute atomic E-state index is 3.84. The van der Waals surface area contributed by atoms with Crippen molar-refractivity contribution in [3.05, 3.63) is 24.3 Å². The Kier molecular flexibility index (Phi) is 5.02. The average Bonchev–Trinajstić information content (AvgIpc) is 2.40. The molecule has 2 heteroatoms. The second kappa shape index (κ2) is 6.53. The van der Waals surface area contributed by atoms with Crippen LogP contribution in [0.3, 0.4) is 0 Å². The number of piperidine rings is 1. The number of allylic oxidation sites excluding steroid dienone is 2. The highest BCUT2D eigenvalue weighted by Crippen LogP contribution is 2.27. The molecule has 18 heavy (non-hydrogen) atoms. The zero-order valence-corrected chi connectivity index (χ0v) is 11.9. The molecule has 1 unspecified atom stereocenters. The minimum Gasteiger partial charge on any atom is -0.312 e. The maximum atomic E-state index is 3.84. The second-order valence-electron chi connectivity index (χ2n) is 6.14. The normalized spacial score (nSPS) is 32.1. The molecule has 102 valence electrons. The third-order valence-corrected chi connectivity index (χ3v) is 4.20. The molecule has 1 fully saturated rings. The van der Waals surface area contributed by atoms with E-state index in [1.54, 1.807) is 0 Å². The summed E-state index contributed by atoms with van der Waals surface area (Å²) in [5.41, 5.74) is 0.157. The summed E-state index contributed by atoms with van der Waals surface area (Å²) in [5, 5.41) is 7.56. The van der Waals surface area contributed by atoms with E-state index in [1.165, 1.54) is 32.2 Å². The van der Waals surface area contributed by atoms with Gasteiger partial charge in [0.2, 0.25) is 0 Å². The van der Waals surface area contributed by atoms with Gasteiger partial charge in [-0.2, -0.15) is 0 Å². The van der Waals surface area contributed by atoms with Gasteiger partial charge in [-0.05, 0) is 44.7 Å². The molecule has 0 bridgehead atoms. The van der Waals surface area contributed by atoms with Crippen molar-refractivity contribution in [1.82, 2.24) is 10.6 Å². The smallest absolute Gasteiger partial charge is 0.0557 e. The molecule has 0 radical (unpaired) electrons. The van der Waals surface area contributed by atoms with Gasteiger partial charge in [0.25, 0.3) is 0 Å². The minimum absolute atomic E-state index is 0.157. The Morgan fingerprint density at radius 1 is 1.33 bits per heavy atom. The van der Waals surface area contributed by atoms with Crippen LogP contribution in [-0.4, -0.2) is 24.7 Å². The van der Waals surface area contributed by atoms with Crippen molar-refractivity contribution in [2.45, 2.75) is 57.5 Å². The van der Waals surface area contributed by atoms with E-state index in [9.17, 15) is 0 Å². The fraction of sp³-hybridized carbons (Fsp3) is 0.750. The molecule has 2 rings (SSSR count). The second-order valence-corrected chi connectivity index (χ2v) is 6.14. The molecule has 1 saturated heterocycles. The molecule has 1 aliphatic heterocycles. The van der Waals surface area contributed by atoms with Crippen molar-refractivity contribution in [1.29, 1.82) is 0 Å². The molecule has 1 aliphatic carbocycles. The Labute approximate surface area is 112 Å². The van der Waals surface area contributed by atoms with Gasteiger partial charge in [0.05, 0.1) is 5.54 Å². The zero-order valence-electron chi connectivity index (χ0n) is 11.9. The van der Waals surface area contributed by atoms with Gasteiger partial charge in [0.1, 0.15) is 0 Å². The van der Waals surface area contributed by atoms with Crippen LogP contribution in [0.5, 0.6) is 0 Å². The lowest BCUT2D eigenvalue weighted by Gasteiger charge is -2.42. The van der Waals surface area contributed by atoms with E-state index >= 15 is 0 Å². The summed E-state index contributed by atoms with van der Waals surface area (Å²) >= 11 is 0. The largest absolute Gasteiger partial charge is 0.312 e. The Morgan fingerprint density at radius 2 is 2.22 bits per heavy atom. The van der Waals surface area contributed by atoms with Gasteiger partial charge in [-0.25, -0.2) is 0 Å². The first-order valence-electron chi connectivity index (χ1n) is 7.56. The molecule has 0 aromatic carbocycles. The molecule has 0 amide bonds. The number of nitrogens with one attached hydrogen (secondary N) is 2. The van der Waals surface area contributed by atoms with Crippen LogP contribution in [0.25, 0.3) is 0 Å². The van der Waals surface area contributed by atoms with Crippen molar-refractivity contribution < 1.29 is 0 Å². The highest BCUT2D eigenvalue weighted by molar-refractivity contribution is 5.24. The van der Waals surface area contributed by atoms with Crippen LogP contribution in [0.2, 0.25) is 0 Å². The van der Waals surface area contributed by atoms with Crippen LogP contribution in [0.1, 0.15) is 46.0 Å². The summed E-state index contributed by atoms with van der Waals surface area (Å²) in [6.45, 7) is 6.89. The Balaban J connectivity index is 1.98. The lowest BCUT2D eigenvalue weighted by atomic mass is 9.79. The Morgan fingerprint density at radius 3 is 2.83 bits per heavy atom. The maximum Gasteiger partial charge on any atom is 0.0557 e. The van der Waals surface area contributed by atoms with E-state index in [1.807, 2.05) is 0 Å². The quantitative estimate of drug-likeness (QED) is 0.781. The van der Waals surface area contributed by atoms with E-state index < -0.39 is 0 Å². The first kappa shape index (κ1) is 13.8. The minimum atomic E-state index is 0.157. The van der Waals surface area contributed by atoms with Gasteiger partial charge in [0, 0.05) is 6.04 Å². The summed E-state index contributed by atoms with van der Waals surface area (Å²) in [6.07, 6.45) is 15.4. The highest BCUT2D eigenvalue weighted by atomic mass is 15.1. The predicted octanol–water partition coefficient (Wildman–Crippen LogP) is 3.02. The first-order chi connectivity index (χ1) is 8.73. The number of rotatable bonds is 5. The fourth-order valence-electron chi connectivity index (χ4n) is 3.03. The molecule has 0 spiro atoms. The SMILES string of the molecule is CC(C)CCN[C@]1(C2CCCCN2)C=CC=CC1. The average molecular weight is 248 g/mol. The topological polar surface area (TPSA) is 24.1 Å². The summed E-state index contributed by atoms with van der Waals surface area (Å²) in [5.74, 6) is 0.775. The molecule has 2 N–H and O–H groups in total. The van der Waals surface area contributed by atoms with E-state index in [0.717, 1.165) is 18.9 Å². The monoisotopic (exact) mass is 248 g/mol. The molecule has 2 nitrogen and oxygen atoms in total. The van der Waals surface area contributed by atoms with E-state index in [0.29, 0.717) is 6.04 Å². The summed E-state index contributed by atoms with van der Waals surface area (Å²) in [6, 6.07) is 0.597. The van der Waals surface area contributed by atoms with Crippen LogP contribution < -0.4 is 10.6 Å². The van der Waals surface area contributed by atoms with Gasteiger partial charge < -0.3 is 10.6 Å². The van der Waals surface area contributed by atoms with Crippen LogP contribution in [0.4, 0.5) is 0 Å². The molecule has 2 atom stereocenters. The molecule has 0 saturated carbocycles.